The Bertz CT molecular complexity index is 684. The fourth-order valence-electron chi connectivity index (χ4n) is 1.58. The van der Waals surface area contributed by atoms with E-state index in [0.29, 0.717) is 5.69 Å². The summed E-state index contributed by atoms with van der Waals surface area (Å²) in [5, 5.41) is 15.1. The largest absolute Gasteiger partial charge is 0.444 e. The number of hydrogen-bond acceptors (Lipinski definition) is 6. The molecule has 0 fully saturated rings. The van der Waals surface area contributed by atoms with Crippen LogP contribution in [0.5, 0.6) is 0 Å². The SMILES string of the molecule is C/C=C(/NC(=O)NCCNC(=O)OC(C)(C)C)O/N=N/c1ccc(I)cc1. The highest BCUT2D eigenvalue weighted by molar-refractivity contribution is 14.1. The van der Waals surface area contributed by atoms with Crippen LogP contribution in [0.3, 0.4) is 0 Å². The second-order valence-corrected chi connectivity index (χ2v) is 7.46. The molecule has 0 saturated carbocycles. The average Bonchev–Trinajstić information content (AvgIpc) is 2.58. The Morgan fingerprint density at radius 1 is 1.15 bits per heavy atom. The lowest BCUT2D eigenvalue weighted by atomic mass is 10.2. The summed E-state index contributed by atoms with van der Waals surface area (Å²) in [7, 11) is 0. The topological polar surface area (TPSA) is 113 Å². The van der Waals surface area contributed by atoms with E-state index in [1.165, 1.54) is 6.08 Å². The molecule has 3 amide bonds. The first-order chi connectivity index (χ1) is 12.7. The Hall–Kier alpha value is -2.37. The smallest absolute Gasteiger partial charge is 0.407 e. The highest BCUT2D eigenvalue weighted by Crippen LogP contribution is 2.15. The normalized spacial score (nSPS) is 11.8. The number of rotatable bonds is 7. The second kappa shape index (κ2) is 11.4. The predicted octanol–water partition coefficient (Wildman–Crippen LogP) is 3.99. The number of carbonyl (C=O) groups excluding carboxylic acids is 2. The van der Waals surface area contributed by atoms with Gasteiger partial charge in [0.05, 0.1) is 5.69 Å². The monoisotopic (exact) mass is 489 g/mol. The van der Waals surface area contributed by atoms with Crippen molar-refractivity contribution in [2.24, 2.45) is 10.4 Å². The third-order valence-electron chi connectivity index (χ3n) is 2.70. The molecule has 3 N–H and O–H groups in total. The predicted molar refractivity (Wildman–Crippen MR) is 109 cm³/mol. The van der Waals surface area contributed by atoms with E-state index in [1.807, 2.05) is 12.1 Å². The van der Waals surface area contributed by atoms with Gasteiger partial charge in [0.25, 0.3) is 0 Å². The van der Waals surface area contributed by atoms with E-state index >= 15 is 0 Å². The van der Waals surface area contributed by atoms with Crippen molar-refractivity contribution < 1.29 is 19.2 Å². The number of carbonyl (C=O) groups is 2. The van der Waals surface area contributed by atoms with Gasteiger partial charge in [-0.2, -0.15) is 0 Å². The van der Waals surface area contributed by atoms with Gasteiger partial charge in [0.2, 0.25) is 5.88 Å². The number of benzene rings is 1. The third kappa shape index (κ3) is 11.1. The van der Waals surface area contributed by atoms with Crippen molar-refractivity contribution in [3.05, 3.63) is 39.8 Å². The number of nitrogens with zero attached hydrogens (tertiary/aromatic N) is 2. The van der Waals surface area contributed by atoms with Crippen LogP contribution in [0.4, 0.5) is 15.3 Å². The summed E-state index contributed by atoms with van der Waals surface area (Å²) < 4.78 is 6.17. The van der Waals surface area contributed by atoms with Gasteiger partial charge in [-0.3, -0.25) is 5.32 Å². The molecule has 0 aliphatic rings. The zero-order valence-electron chi connectivity index (χ0n) is 15.7. The molecular weight excluding hydrogens is 465 g/mol. The molecule has 0 radical (unpaired) electrons. The molecule has 0 aliphatic carbocycles. The number of hydrogen-bond donors (Lipinski definition) is 3. The first-order valence-electron chi connectivity index (χ1n) is 8.21. The van der Waals surface area contributed by atoms with Gasteiger partial charge < -0.3 is 20.2 Å². The number of halogens is 1. The summed E-state index contributed by atoms with van der Waals surface area (Å²) in [4.78, 5) is 28.3. The van der Waals surface area contributed by atoms with Crippen LogP contribution in [0.1, 0.15) is 27.7 Å². The number of nitrogens with one attached hydrogen (secondary N) is 3. The van der Waals surface area contributed by atoms with Gasteiger partial charge in [-0.05, 0) is 80.6 Å². The minimum atomic E-state index is -0.570. The van der Waals surface area contributed by atoms with Crippen LogP contribution in [0.2, 0.25) is 0 Å². The fraction of sp³-hybridized carbons (Fsp3) is 0.412. The highest BCUT2D eigenvalue weighted by Gasteiger charge is 2.15. The molecule has 0 bridgehead atoms. The van der Waals surface area contributed by atoms with Crippen molar-refractivity contribution in [1.82, 2.24) is 16.0 Å². The molecule has 1 rings (SSSR count). The number of alkyl carbamates (subject to hydrolysis) is 1. The number of allylic oxidation sites excluding steroid dienone is 1. The Morgan fingerprint density at radius 3 is 2.37 bits per heavy atom. The Kier molecular flexibility index (Phi) is 9.54. The molecule has 27 heavy (non-hydrogen) atoms. The van der Waals surface area contributed by atoms with Crippen molar-refractivity contribution in [1.29, 1.82) is 0 Å². The Balaban J connectivity index is 2.29. The summed E-state index contributed by atoms with van der Waals surface area (Å²) in [5.41, 5.74) is 0.0586. The van der Waals surface area contributed by atoms with E-state index in [0.717, 1.165) is 3.57 Å². The van der Waals surface area contributed by atoms with Gasteiger partial charge in [0.1, 0.15) is 5.60 Å². The zero-order valence-corrected chi connectivity index (χ0v) is 17.9. The van der Waals surface area contributed by atoms with Crippen LogP contribution in [-0.4, -0.2) is 30.8 Å². The molecule has 0 saturated heterocycles. The molecule has 9 nitrogen and oxygen atoms in total. The van der Waals surface area contributed by atoms with Gasteiger partial charge in [-0.15, -0.1) is 5.11 Å². The standard InChI is InChI=1S/C17H24IN5O4/c1-5-14(27-23-22-13-8-6-12(18)7-9-13)21-15(24)19-10-11-20-16(25)26-17(2,3)4/h5-9H,10-11H2,1-4H3,(H,20,25)(H2,19,21,24)/b14-5-,23-22+. The molecule has 0 unspecified atom stereocenters. The minimum Gasteiger partial charge on any atom is -0.444 e. The van der Waals surface area contributed by atoms with E-state index in [-0.39, 0.29) is 19.0 Å². The van der Waals surface area contributed by atoms with Crippen LogP contribution in [0, 0.1) is 3.57 Å². The number of amides is 3. The molecular formula is C17H24IN5O4. The minimum absolute atomic E-state index is 0.127. The fourth-order valence-corrected chi connectivity index (χ4v) is 1.94. The van der Waals surface area contributed by atoms with Crippen LogP contribution in [-0.2, 0) is 9.57 Å². The van der Waals surface area contributed by atoms with E-state index in [9.17, 15) is 9.59 Å². The summed E-state index contributed by atoms with van der Waals surface area (Å²) in [6.07, 6.45) is 0.990. The van der Waals surface area contributed by atoms with Crippen LogP contribution in [0.25, 0.3) is 0 Å². The average molecular weight is 489 g/mol. The first kappa shape index (κ1) is 22.7. The molecule has 0 heterocycles. The van der Waals surface area contributed by atoms with Gasteiger partial charge in [0.15, 0.2) is 0 Å². The van der Waals surface area contributed by atoms with E-state index in [2.05, 4.69) is 48.9 Å². The zero-order chi connectivity index (χ0) is 20.3. The van der Waals surface area contributed by atoms with E-state index in [4.69, 9.17) is 9.57 Å². The lowest BCUT2D eigenvalue weighted by molar-refractivity contribution is 0.0528. The van der Waals surface area contributed by atoms with Crippen molar-refractivity contribution >= 4 is 40.4 Å². The summed E-state index contributed by atoms with van der Waals surface area (Å²) in [5.74, 6) is 0.127. The van der Waals surface area contributed by atoms with Crippen molar-refractivity contribution in [3.8, 4) is 0 Å². The number of urea groups is 1. The van der Waals surface area contributed by atoms with E-state index < -0.39 is 17.7 Å². The van der Waals surface area contributed by atoms with Gasteiger partial charge in [-0.1, -0.05) is 0 Å². The summed E-state index contributed by atoms with van der Waals surface area (Å²) in [6.45, 7) is 7.43. The molecule has 0 aromatic heterocycles. The molecule has 1 aromatic rings. The summed E-state index contributed by atoms with van der Waals surface area (Å²) in [6, 6.07) is 6.87. The maximum absolute atomic E-state index is 11.8. The Morgan fingerprint density at radius 2 is 1.78 bits per heavy atom. The lowest BCUT2D eigenvalue weighted by Crippen LogP contribution is -2.41. The van der Waals surface area contributed by atoms with Crippen molar-refractivity contribution in [2.75, 3.05) is 13.1 Å². The van der Waals surface area contributed by atoms with Crippen LogP contribution in [0.15, 0.2) is 46.6 Å². The molecule has 10 heteroatoms. The maximum Gasteiger partial charge on any atom is 0.407 e. The van der Waals surface area contributed by atoms with Gasteiger partial charge in [0, 0.05) is 21.9 Å². The lowest BCUT2D eigenvalue weighted by Gasteiger charge is -2.19. The van der Waals surface area contributed by atoms with Crippen LogP contribution >= 0.6 is 22.6 Å². The molecule has 148 valence electrons. The van der Waals surface area contributed by atoms with Gasteiger partial charge in [-0.25, -0.2) is 9.59 Å². The van der Waals surface area contributed by atoms with Crippen LogP contribution < -0.4 is 16.0 Å². The van der Waals surface area contributed by atoms with E-state index in [1.54, 1.807) is 39.8 Å². The first-order valence-corrected chi connectivity index (χ1v) is 9.29. The van der Waals surface area contributed by atoms with Gasteiger partial charge >= 0.3 is 12.1 Å². The second-order valence-electron chi connectivity index (χ2n) is 6.21. The Labute approximate surface area is 172 Å². The van der Waals surface area contributed by atoms with Crippen molar-refractivity contribution in [3.63, 3.8) is 0 Å². The quantitative estimate of drug-likeness (QED) is 0.177. The number of ether oxygens (including phenoxy) is 1. The molecule has 0 aliphatic heterocycles. The molecule has 0 spiro atoms. The third-order valence-corrected chi connectivity index (χ3v) is 3.42. The molecule has 0 atom stereocenters. The summed E-state index contributed by atoms with van der Waals surface area (Å²) >= 11 is 2.19. The molecule has 1 aromatic carbocycles. The maximum atomic E-state index is 11.8. The highest BCUT2D eigenvalue weighted by atomic mass is 127. The van der Waals surface area contributed by atoms with Crippen molar-refractivity contribution in [2.45, 2.75) is 33.3 Å².